The highest BCUT2D eigenvalue weighted by molar-refractivity contribution is 5.71. The quantitative estimate of drug-likeness (QED) is 0.0261. The summed E-state index contributed by atoms with van der Waals surface area (Å²) in [5.41, 5.74) is 0. The molecule has 0 fully saturated rings. The van der Waals surface area contributed by atoms with Gasteiger partial charge in [0.25, 0.3) is 0 Å². The molecule has 0 aliphatic carbocycles. The predicted octanol–water partition coefficient (Wildman–Crippen LogP) is 20.3. The summed E-state index contributed by atoms with van der Waals surface area (Å²) in [5, 5.41) is 0. The molecule has 0 aliphatic heterocycles. The fourth-order valence-electron chi connectivity index (χ4n) is 8.11. The van der Waals surface area contributed by atoms with Crippen molar-refractivity contribution in [1.29, 1.82) is 0 Å². The third kappa shape index (κ3) is 57.0. The molecular formula is C66H110O6. The maximum atomic E-state index is 12.8. The molecule has 0 aliphatic rings. The fraction of sp³-hybridized carbons (Fsp3) is 0.682. The summed E-state index contributed by atoms with van der Waals surface area (Å²) in [4.78, 5) is 38.1. The lowest BCUT2D eigenvalue weighted by Gasteiger charge is -2.18. The normalized spacial score (nSPS) is 12.9. The van der Waals surface area contributed by atoms with E-state index < -0.39 is 6.10 Å². The number of carbonyl (C=O) groups excluding carboxylic acids is 3. The van der Waals surface area contributed by atoms with Crippen molar-refractivity contribution in [2.24, 2.45) is 0 Å². The summed E-state index contributed by atoms with van der Waals surface area (Å²) in [6, 6.07) is 0. The van der Waals surface area contributed by atoms with Gasteiger partial charge in [0.2, 0.25) is 0 Å². The van der Waals surface area contributed by atoms with Crippen LogP contribution in [0.3, 0.4) is 0 Å². The van der Waals surface area contributed by atoms with Gasteiger partial charge >= 0.3 is 17.9 Å². The van der Waals surface area contributed by atoms with Crippen LogP contribution >= 0.6 is 0 Å². The van der Waals surface area contributed by atoms with Crippen LogP contribution in [0.2, 0.25) is 0 Å². The monoisotopic (exact) mass is 999 g/mol. The zero-order valence-corrected chi connectivity index (χ0v) is 46.9. The Bertz CT molecular complexity index is 1470. The van der Waals surface area contributed by atoms with Gasteiger partial charge in [-0.1, -0.05) is 259 Å². The molecule has 0 heterocycles. The highest BCUT2D eigenvalue weighted by Crippen LogP contribution is 2.15. The zero-order chi connectivity index (χ0) is 52.2. The molecule has 72 heavy (non-hydrogen) atoms. The van der Waals surface area contributed by atoms with Gasteiger partial charge in [0.1, 0.15) is 13.2 Å². The molecule has 0 amide bonds. The Morgan fingerprint density at radius 2 is 0.542 bits per heavy atom. The molecule has 0 aromatic rings. The van der Waals surface area contributed by atoms with Crippen molar-refractivity contribution in [2.75, 3.05) is 13.2 Å². The summed E-state index contributed by atoms with van der Waals surface area (Å²) in [7, 11) is 0. The molecule has 6 heteroatoms. The second-order valence-electron chi connectivity index (χ2n) is 19.5. The number of rotatable bonds is 53. The van der Waals surface area contributed by atoms with Crippen LogP contribution in [-0.4, -0.2) is 37.2 Å². The third-order valence-electron chi connectivity index (χ3n) is 12.5. The number of ether oxygens (including phenoxy) is 3. The molecule has 6 nitrogen and oxygen atoms in total. The molecule has 0 aromatic heterocycles. The first-order valence-electron chi connectivity index (χ1n) is 29.9. The fourth-order valence-corrected chi connectivity index (χ4v) is 8.11. The maximum absolute atomic E-state index is 12.8. The first-order chi connectivity index (χ1) is 35.5. The molecule has 0 spiro atoms. The van der Waals surface area contributed by atoms with E-state index in [2.05, 4.69) is 130 Å². The average Bonchev–Trinajstić information content (AvgIpc) is 3.38. The van der Waals surface area contributed by atoms with Gasteiger partial charge in [0, 0.05) is 19.3 Å². The first-order valence-corrected chi connectivity index (χ1v) is 29.9. The molecule has 0 saturated carbocycles. The van der Waals surface area contributed by atoms with Crippen molar-refractivity contribution in [3.8, 4) is 0 Å². The van der Waals surface area contributed by atoms with Crippen LogP contribution in [-0.2, 0) is 28.6 Å². The molecule has 0 aromatic carbocycles. The molecule has 0 radical (unpaired) electrons. The van der Waals surface area contributed by atoms with Crippen molar-refractivity contribution in [2.45, 2.75) is 277 Å². The Kier molecular flexibility index (Phi) is 56.4. The van der Waals surface area contributed by atoms with E-state index in [1.54, 1.807) is 0 Å². The topological polar surface area (TPSA) is 78.9 Å². The van der Waals surface area contributed by atoms with Gasteiger partial charge in [-0.15, -0.1) is 0 Å². The molecular weight excluding hydrogens is 889 g/mol. The van der Waals surface area contributed by atoms with Crippen LogP contribution in [0.4, 0.5) is 0 Å². The Balaban J connectivity index is 4.23. The van der Waals surface area contributed by atoms with Gasteiger partial charge in [-0.3, -0.25) is 14.4 Å². The van der Waals surface area contributed by atoms with Crippen molar-refractivity contribution in [1.82, 2.24) is 0 Å². The lowest BCUT2D eigenvalue weighted by atomic mass is 10.0. The van der Waals surface area contributed by atoms with Crippen molar-refractivity contribution < 1.29 is 28.6 Å². The Morgan fingerprint density at radius 1 is 0.292 bits per heavy atom. The lowest BCUT2D eigenvalue weighted by molar-refractivity contribution is -0.167. The van der Waals surface area contributed by atoms with E-state index in [0.29, 0.717) is 19.3 Å². The van der Waals surface area contributed by atoms with Crippen LogP contribution in [0.5, 0.6) is 0 Å². The van der Waals surface area contributed by atoms with Crippen LogP contribution < -0.4 is 0 Å². The SMILES string of the molecule is CC/C=C\C/C=C\C/C=C\C/C=C\C/C=C\CCCCCCCCCCCCCCCC(=O)OCC(COC(=O)CCCCCCCCCCCC)OC(=O)CCCC/C=C\C/C=C\C/C=C\C/C=C\CC. The molecule has 1 atom stereocenters. The lowest BCUT2D eigenvalue weighted by Crippen LogP contribution is -2.30. The third-order valence-corrected chi connectivity index (χ3v) is 12.5. The number of esters is 3. The molecule has 0 N–H and O–H groups in total. The maximum Gasteiger partial charge on any atom is 0.306 e. The van der Waals surface area contributed by atoms with E-state index >= 15 is 0 Å². The van der Waals surface area contributed by atoms with Crippen LogP contribution in [0.15, 0.2) is 109 Å². The Morgan fingerprint density at radius 3 is 0.875 bits per heavy atom. The molecule has 0 bridgehead atoms. The average molecular weight is 1000 g/mol. The van der Waals surface area contributed by atoms with E-state index in [0.717, 1.165) is 109 Å². The van der Waals surface area contributed by atoms with Crippen molar-refractivity contribution >= 4 is 17.9 Å². The second kappa shape index (κ2) is 59.6. The summed E-state index contributed by atoms with van der Waals surface area (Å²) >= 11 is 0. The van der Waals surface area contributed by atoms with Gasteiger partial charge in [-0.05, 0) is 103 Å². The molecule has 0 rings (SSSR count). The number of hydrogen-bond donors (Lipinski definition) is 0. The van der Waals surface area contributed by atoms with Gasteiger partial charge < -0.3 is 14.2 Å². The molecule has 410 valence electrons. The van der Waals surface area contributed by atoms with Crippen LogP contribution in [0.1, 0.15) is 271 Å². The van der Waals surface area contributed by atoms with Gasteiger partial charge in [-0.2, -0.15) is 0 Å². The Hall–Kier alpha value is -3.93. The van der Waals surface area contributed by atoms with E-state index in [1.807, 2.05) is 0 Å². The van der Waals surface area contributed by atoms with E-state index in [1.165, 1.54) is 116 Å². The Labute approximate surface area is 444 Å². The van der Waals surface area contributed by atoms with Crippen molar-refractivity contribution in [3.63, 3.8) is 0 Å². The summed E-state index contributed by atoms with van der Waals surface area (Å²) < 4.78 is 16.8. The second-order valence-corrected chi connectivity index (χ2v) is 19.5. The minimum absolute atomic E-state index is 0.0933. The van der Waals surface area contributed by atoms with Crippen molar-refractivity contribution in [3.05, 3.63) is 109 Å². The highest BCUT2D eigenvalue weighted by atomic mass is 16.6. The van der Waals surface area contributed by atoms with Crippen LogP contribution in [0.25, 0.3) is 0 Å². The number of hydrogen-bond acceptors (Lipinski definition) is 6. The summed E-state index contributed by atoms with van der Waals surface area (Å²) in [6.07, 6.45) is 81.0. The number of allylic oxidation sites excluding steroid dienone is 18. The largest absolute Gasteiger partial charge is 0.462 e. The first kappa shape index (κ1) is 68.1. The van der Waals surface area contributed by atoms with Gasteiger partial charge in [0.15, 0.2) is 6.10 Å². The molecule has 1 unspecified atom stereocenters. The standard InChI is InChI=1S/C66H110O6/c1-4-7-10-13-16-19-22-24-26-27-28-29-30-31-32-33-34-35-36-37-38-39-41-42-44-47-50-53-56-59-65(68)71-62-63(61-70-64(67)58-55-52-49-46-21-18-15-12-9-6-3)72-66(69)60-57-54-51-48-45-43-40-25-23-20-17-14-11-8-5-2/h7-8,10-11,16-17,19-20,24-26,28-29,31-32,40,45,48,63H,4-6,9,12-15,18,21-23,27,30,33-39,41-44,46-47,49-62H2,1-3H3/b10-7-,11-8-,19-16-,20-17-,26-24-,29-28-,32-31-,40-25-,48-45-. The van der Waals surface area contributed by atoms with Gasteiger partial charge in [-0.25, -0.2) is 0 Å². The van der Waals surface area contributed by atoms with E-state index in [4.69, 9.17) is 14.2 Å². The minimum atomic E-state index is -0.798. The molecule has 0 saturated heterocycles. The van der Waals surface area contributed by atoms with E-state index in [9.17, 15) is 14.4 Å². The zero-order valence-electron chi connectivity index (χ0n) is 46.9. The smallest absolute Gasteiger partial charge is 0.306 e. The minimum Gasteiger partial charge on any atom is -0.462 e. The summed E-state index contributed by atoms with van der Waals surface area (Å²) in [5.74, 6) is -0.935. The summed E-state index contributed by atoms with van der Waals surface area (Å²) in [6.45, 7) is 6.37. The van der Waals surface area contributed by atoms with Crippen LogP contribution in [0, 0.1) is 0 Å². The predicted molar refractivity (Wildman–Crippen MR) is 311 cm³/mol. The number of carbonyl (C=O) groups is 3. The van der Waals surface area contributed by atoms with Gasteiger partial charge in [0.05, 0.1) is 0 Å². The highest BCUT2D eigenvalue weighted by Gasteiger charge is 2.19. The van der Waals surface area contributed by atoms with E-state index in [-0.39, 0.29) is 37.5 Å². The number of unbranched alkanes of at least 4 members (excludes halogenated alkanes) is 24.